The SMILES string of the molecule is CC(=O)NCCCNc1nc(Nc2ccc(Cl)cc2)ncc1[N+](=O)[O-]. The van der Waals surface area contributed by atoms with Gasteiger partial charge in [-0.25, -0.2) is 4.98 Å². The smallest absolute Gasteiger partial charge is 0.329 e. The predicted octanol–water partition coefficient (Wildman–Crippen LogP) is 2.72. The Bertz CT molecular complexity index is 753. The number of carbonyl (C=O) groups is 1. The summed E-state index contributed by atoms with van der Waals surface area (Å²) < 4.78 is 0. The van der Waals surface area contributed by atoms with Gasteiger partial charge >= 0.3 is 5.69 Å². The van der Waals surface area contributed by atoms with Crippen LogP contribution in [0.4, 0.5) is 23.1 Å². The summed E-state index contributed by atoms with van der Waals surface area (Å²) in [5.74, 6) is 0.207. The van der Waals surface area contributed by atoms with Crippen molar-refractivity contribution in [3.05, 3.63) is 45.6 Å². The fourth-order valence-electron chi connectivity index (χ4n) is 1.92. The van der Waals surface area contributed by atoms with Crippen LogP contribution in [0, 0.1) is 10.1 Å². The Labute approximate surface area is 149 Å². The van der Waals surface area contributed by atoms with Crippen molar-refractivity contribution in [3.8, 4) is 0 Å². The number of anilines is 3. The Balaban J connectivity index is 2.05. The first-order valence-electron chi connectivity index (χ1n) is 7.48. The van der Waals surface area contributed by atoms with E-state index >= 15 is 0 Å². The molecule has 0 bridgehead atoms. The number of benzene rings is 1. The first-order valence-corrected chi connectivity index (χ1v) is 7.86. The Morgan fingerprint density at radius 3 is 2.64 bits per heavy atom. The van der Waals surface area contributed by atoms with Crippen LogP contribution in [0.5, 0.6) is 0 Å². The van der Waals surface area contributed by atoms with Gasteiger partial charge in [-0.1, -0.05) is 11.6 Å². The summed E-state index contributed by atoms with van der Waals surface area (Å²) in [5, 5.41) is 20.2. The van der Waals surface area contributed by atoms with Gasteiger partial charge < -0.3 is 16.0 Å². The third-order valence-corrected chi connectivity index (χ3v) is 3.34. The average Bonchev–Trinajstić information content (AvgIpc) is 2.56. The minimum atomic E-state index is -0.553. The molecule has 0 aliphatic rings. The van der Waals surface area contributed by atoms with E-state index in [0.29, 0.717) is 30.2 Å². The maximum Gasteiger partial charge on any atom is 0.329 e. The quantitative estimate of drug-likeness (QED) is 0.374. The number of halogens is 1. The zero-order chi connectivity index (χ0) is 18.2. The number of nitrogens with zero attached hydrogens (tertiary/aromatic N) is 3. The molecule has 0 fully saturated rings. The summed E-state index contributed by atoms with van der Waals surface area (Å²) >= 11 is 5.83. The van der Waals surface area contributed by atoms with Crippen molar-refractivity contribution in [3.63, 3.8) is 0 Å². The number of carbonyl (C=O) groups excluding carboxylic acids is 1. The lowest BCUT2D eigenvalue weighted by Crippen LogP contribution is -2.23. The van der Waals surface area contributed by atoms with Crippen LogP contribution in [0.15, 0.2) is 30.5 Å². The first-order chi connectivity index (χ1) is 12.0. The van der Waals surface area contributed by atoms with Gasteiger partial charge in [0.2, 0.25) is 17.7 Å². The molecule has 0 saturated carbocycles. The van der Waals surface area contributed by atoms with E-state index < -0.39 is 4.92 Å². The Kier molecular flexibility index (Phi) is 6.47. The minimum Gasteiger partial charge on any atom is -0.364 e. The molecule has 0 aliphatic carbocycles. The third-order valence-electron chi connectivity index (χ3n) is 3.09. The van der Waals surface area contributed by atoms with Crippen molar-refractivity contribution in [2.75, 3.05) is 23.7 Å². The molecule has 0 aliphatic heterocycles. The zero-order valence-electron chi connectivity index (χ0n) is 13.5. The maximum absolute atomic E-state index is 11.1. The van der Waals surface area contributed by atoms with Gasteiger partial charge in [-0.3, -0.25) is 14.9 Å². The average molecular weight is 365 g/mol. The molecule has 9 nitrogen and oxygen atoms in total. The second-order valence-electron chi connectivity index (χ2n) is 5.08. The van der Waals surface area contributed by atoms with E-state index in [1.54, 1.807) is 24.3 Å². The molecule has 1 aromatic carbocycles. The van der Waals surface area contributed by atoms with Crippen molar-refractivity contribution >= 4 is 40.6 Å². The van der Waals surface area contributed by atoms with Crippen LogP contribution in [0.3, 0.4) is 0 Å². The van der Waals surface area contributed by atoms with Crippen LogP contribution < -0.4 is 16.0 Å². The van der Waals surface area contributed by atoms with Crippen molar-refractivity contribution in [1.29, 1.82) is 0 Å². The number of nitro groups is 1. The Morgan fingerprint density at radius 1 is 1.28 bits per heavy atom. The Hall–Kier alpha value is -2.94. The van der Waals surface area contributed by atoms with Gasteiger partial charge in [-0.05, 0) is 30.7 Å². The molecule has 0 atom stereocenters. The summed E-state index contributed by atoms with van der Waals surface area (Å²) in [5.41, 5.74) is 0.482. The van der Waals surface area contributed by atoms with Gasteiger partial charge in [-0.2, -0.15) is 4.98 Å². The van der Waals surface area contributed by atoms with Gasteiger partial charge in [0.25, 0.3) is 0 Å². The topological polar surface area (TPSA) is 122 Å². The number of rotatable bonds is 8. The molecule has 2 aromatic rings. The van der Waals surface area contributed by atoms with Crippen molar-refractivity contribution in [2.24, 2.45) is 0 Å². The second-order valence-corrected chi connectivity index (χ2v) is 5.52. The summed E-state index contributed by atoms with van der Waals surface area (Å²) in [4.78, 5) is 29.4. The van der Waals surface area contributed by atoms with Gasteiger partial charge in [0.05, 0.1) is 4.92 Å². The van der Waals surface area contributed by atoms with Crippen LogP contribution >= 0.6 is 11.6 Å². The lowest BCUT2D eigenvalue weighted by atomic mass is 10.3. The largest absolute Gasteiger partial charge is 0.364 e. The fraction of sp³-hybridized carbons (Fsp3) is 0.267. The highest BCUT2D eigenvalue weighted by molar-refractivity contribution is 6.30. The van der Waals surface area contributed by atoms with Crippen molar-refractivity contribution in [1.82, 2.24) is 15.3 Å². The highest BCUT2D eigenvalue weighted by atomic mass is 35.5. The van der Waals surface area contributed by atoms with E-state index in [2.05, 4.69) is 25.9 Å². The summed E-state index contributed by atoms with van der Waals surface area (Å²) in [7, 11) is 0. The molecular formula is C15H17ClN6O3. The molecule has 0 saturated heterocycles. The highest BCUT2D eigenvalue weighted by Gasteiger charge is 2.17. The van der Waals surface area contributed by atoms with E-state index in [9.17, 15) is 14.9 Å². The normalized spacial score (nSPS) is 10.2. The maximum atomic E-state index is 11.1. The van der Waals surface area contributed by atoms with E-state index in [1.165, 1.54) is 6.92 Å². The van der Waals surface area contributed by atoms with Crippen LogP contribution in [0.25, 0.3) is 0 Å². The van der Waals surface area contributed by atoms with Gasteiger partial charge in [0.15, 0.2) is 0 Å². The molecule has 2 rings (SSSR count). The number of hydrogen-bond donors (Lipinski definition) is 3. The van der Waals surface area contributed by atoms with E-state index in [1.807, 2.05) is 0 Å². The monoisotopic (exact) mass is 364 g/mol. The standard InChI is InChI=1S/C15H17ClN6O3/c1-10(23)17-7-2-8-18-14-13(22(24)25)9-19-15(21-14)20-12-5-3-11(16)4-6-12/h3-6,9H,2,7-8H2,1H3,(H,17,23)(H2,18,19,20,21). The van der Waals surface area contributed by atoms with E-state index in [-0.39, 0.29) is 23.4 Å². The summed E-state index contributed by atoms with van der Waals surface area (Å²) in [6.07, 6.45) is 1.74. The molecule has 3 N–H and O–H groups in total. The van der Waals surface area contributed by atoms with Crippen LogP contribution in [0.2, 0.25) is 5.02 Å². The molecular weight excluding hydrogens is 348 g/mol. The molecule has 0 unspecified atom stereocenters. The molecule has 25 heavy (non-hydrogen) atoms. The van der Waals surface area contributed by atoms with Gasteiger partial charge in [-0.15, -0.1) is 0 Å². The van der Waals surface area contributed by atoms with Crippen LogP contribution in [-0.2, 0) is 4.79 Å². The minimum absolute atomic E-state index is 0.110. The van der Waals surface area contributed by atoms with Gasteiger partial charge in [0, 0.05) is 30.7 Å². The van der Waals surface area contributed by atoms with Crippen LogP contribution in [0.1, 0.15) is 13.3 Å². The zero-order valence-corrected chi connectivity index (χ0v) is 14.2. The van der Waals surface area contributed by atoms with Crippen molar-refractivity contribution in [2.45, 2.75) is 13.3 Å². The highest BCUT2D eigenvalue weighted by Crippen LogP contribution is 2.24. The lowest BCUT2D eigenvalue weighted by Gasteiger charge is -2.09. The number of aromatic nitrogens is 2. The van der Waals surface area contributed by atoms with Crippen molar-refractivity contribution < 1.29 is 9.72 Å². The Morgan fingerprint density at radius 2 is 2.00 bits per heavy atom. The van der Waals surface area contributed by atoms with E-state index in [4.69, 9.17) is 11.6 Å². The van der Waals surface area contributed by atoms with E-state index in [0.717, 1.165) is 6.20 Å². The molecule has 132 valence electrons. The predicted molar refractivity (Wildman–Crippen MR) is 95.2 cm³/mol. The number of nitrogens with one attached hydrogen (secondary N) is 3. The van der Waals surface area contributed by atoms with Crippen LogP contribution in [-0.4, -0.2) is 33.9 Å². The third kappa shape index (κ3) is 5.88. The molecule has 1 amide bonds. The lowest BCUT2D eigenvalue weighted by molar-refractivity contribution is -0.384. The summed E-state index contributed by atoms with van der Waals surface area (Å²) in [6.45, 7) is 2.31. The van der Waals surface area contributed by atoms with Gasteiger partial charge in [0.1, 0.15) is 6.20 Å². The molecule has 0 radical (unpaired) electrons. The molecule has 0 spiro atoms. The summed E-state index contributed by atoms with van der Waals surface area (Å²) in [6, 6.07) is 6.90. The number of amides is 1. The second kappa shape index (κ2) is 8.78. The molecule has 1 heterocycles. The molecule has 1 aromatic heterocycles. The fourth-order valence-corrected chi connectivity index (χ4v) is 2.05. The number of hydrogen-bond acceptors (Lipinski definition) is 7. The first kappa shape index (κ1) is 18.4. The molecule has 10 heteroatoms.